The molecule has 2 heteroatoms. The summed E-state index contributed by atoms with van der Waals surface area (Å²) >= 11 is 0. The zero-order chi connectivity index (χ0) is 12.2. The molecule has 0 radical (unpaired) electrons. The number of rotatable bonds is 10. The minimum atomic E-state index is 0. The average Bonchev–Trinajstić information content (AvgIpc) is 2.28. The molecule has 104 valence electrons. The number of halogens is 1. The van der Waals surface area contributed by atoms with E-state index in [9.17, 15) is 0 Å². The highest BCUT2D eigenvalue weighted by atomic mass is 35.5. The van der Waals surface area contributed by atoms with Crippen LogP contribution in [0.25, 0.3) is 0 Å². The van der Waals surface area contributed by atoms with Gasteiger partial charge in [0.25, 0.3) is 0 Å². The predicted molar refractivity (Wildman–Crippen MR) is 82.1 cm³/mol. The van der Waals surface area contributed by atoms with Crippen LogP contribution in [0.5, 0.6) is 0 Å². The fraction of sp³-hybridized carbons (Fsp3) is 0.867. The molecule has 17 heavy (non-hydrogen) atoms. The van der Waals surface area contributed by atoms with E-state index < -0.39 is 0 Å². The summed E-state index contributed by atoms with van der Waals surface area (Å²) in [6.07, 6.45) is 12.6. The summed E-state index contributed by atoms with van der Waals surface area (Å²) in [5.41, 5.74) is 0. The minimum absolute atomic E-state index is 0. The summed E-state index contributed by atoms with van der Waals surface area (Å²) in [5, 5.41) is 0. The van der Waals surface area contributed by atoms with Gasteiger partial charge in [0.15, 0.2) is 0 Å². The molecule has 0 saturated carbocycles. The molecule has 0 bridgehead atoms. The number of nitrogens with zero attached hydrogens (tertiary/aromatic N) is 1. The van der Waals surface area contributed by atoms with Gasteiger partial charge in [0.2, 0.25) is 0 Å². The zero-order valence-corrected chi connectivity index (χ0v) is 13.1. The Balaban J connectivity index is 0. The lowest BCUT2D eigenvalue weighted by atomic mass is 10.1. The Hall–Kier alpha value is -0.0100. The Kier molecular flexibility index (Phi) is 16.0. The summed E-state index contributed by atoms with van der Waals surface area (Å²) in [5.74, 6) is 0. The number of allylic oxidation sites excluding steroid dienone is 1. The van der Waals surface area contributed by atoms with Gasteiger partial charge in [-0.1, -0.05) is 51.7 Å². The lowest BCUT2D eigenvalue weighted by Gasteiger charge is -2.27. The van der Waals surface area contributed by atoms with E-state index in [0.29, 0.717) is 6.04 Å². The standard InChI is InChI=1S/C15H31N.ClH/c1-5-8-10-13-16(14-11-9-6-2)15(4)12-7-3;/h7,12,15H,5-6,8-11,13-14H2,1-4H3;1H. The minimum Gasteiger partial charge on any atom is -0.297 e. The molecule has 0 aromatic carbocycles. The zero-order valence-electron chi connectivity index (χ0n) is 12.2. The van der Waals surface area contributed by atoms with Crippen LogP contribution in [0, 0.1) is 0 Å². The van der Waals surface area contributed by atoms with Crippen molar-refractivity contribution in [2.75, 3.05) is 13.1 Å². The van der Waals surface area contributed by atoms with Gasteiger partial charge in [-0.25, -0.2) is 0 Å². The van der Waals surface area contributed by atoms with Gasteiger partial charge >= 0.3 is 0 Å². The lowest BCUT2D eigenvalue weighted by Crippen LogP contribution is -2.33. The van der Waals surface area contributed by atoms with Crippen LogP contribution in [0.3, 0.4) is 0 Å². The van der Waals surface area contributed by atoms with Crippen molar-refractivity contribution in [3.8, 4) is 0 Å². The van der Waals surface area contributed by atoms with E-state index in [2.05, 4.69) is 44.7 Å². The first-order valence-electron chi connectivity index (χ1n) is 7.13. The van der Waals surface area contributed by atoms with Gasteiger partial charge in [-0.2, -0.15) is 0 Å². The van der Waals surface area contributed by atoms with Crippen LogP contribution < -0.4 is 0 Å². The van der Waals surface area contributed by atoms with Crippen LogP contribution >= 0.6 is 12.4 Å². The van der Waals surface area contributed by atoms with Crippen molar-refractivity contribution in [2.24, 2.45) is 0 Å². The van der Waals surface area contributed by atoms with Crippen LogP contribution in [-0.4, -0.2) is 24.0 Å². The summed E-state index contributed by atoms with van der Waals surface area (Å²) in [6, 6.07) is 0.610. The molecule has 0 fully saturated rings. The third-order valence-corrected chi connectivity index (χ3v) is 3.14. The summed E-state index contributed by atoms with van der Waals surface area (Å²) in [7, 11) is 0. The van der Waals surface area contributed by atoms with E-state index in [-0.39, 0.29) is 12.4 Å². The van der Waals surface area contributed by atoms with Crippen molar-refractivity contribution in [3.05, 3.63) is 12.2 Å². The molecule has 1 unspecified atom stereocenters. The first-order chi connectivity index (χ1) is 7.76. The van der Waals surface area contributed by atoms with Gasteiger partial charge in [-0.15, -0.1) is 12.4 Å². The molecule has 0 N–H and O–H groups in total. The van der Waals surface area contributed by atoms with Crippen molar-refractivity contribution < 1.29 is 0 Å². The first-order valence-corrected chi connectivity index (χ1v) is 7.13. The second-order valence-corrected chi connectivity index (χ2v) is 4.72. The van der Waals surface area contributed by atoms with Crippen LogP contribution in [0.1, 0.15) is 66.2 Å². The monoisotopic (exact) mass is 261 g/mol. The van der Waals surface area contributed by atoms with E-state index in [4.69, 9.17) is 0 Å². The molecule has 0 rings (SSSR count). The predicted octanol–water partition coefficient (Wildman–Crippen LogP) is 5.06. The fourth-order valence-corrected chi connectivity index (χ4v) is 2.05. The second-order valence-electron chi connectivity index (χ2n) is 4.72. The van der Waals surface area contributed by atoms with Crippen LogP contribution in [0.4, 0.5) is 0 Å². The first kappa shape index (κ1) is 19.3. The molecular formula is C15H32ClN. The Morgan fingerprint density at radius 3 is 1.76 bits per heavy atom. The van der Waals surface area contributed by atoms with Gasteiger partial charge < -0.3 is 0 Å². The quantitative estimate of drug-likeness (QED) is 0.393. The van der Waals surface area contributed by atoms with Gasteiger partial charge in [0.05, 0.1) is 0 Å². The van der Waals surface area contributed by atoms with E-state index in [0.717, 1.165) is 0 Å². The van der Waals surface area contributed by atoms with E-state index in [1.54, 1.807) is 0 Å². The van der Waals surface area contributed by atoms with Crippen molar-refractivity contribution in [3.63, 3.8) is 0 Å². The van der Waals surface area contributed by atoms with Crippen LogP contribution in [0.2, 0.25) is 0 Å². The van der Waals surface area contributed by atoms with E-state index in [1.807, 2.05) is 0 Å². The molecule has 0 spiro atoms. The van der Waals surface area contributed by atoms with Gasteiger partial charge in [-0.05, 0) is 39.8 Å². The Morgan fingerprint density at radius 1 is 0.941 bits per heavy atom. The molecule has 0 aliphatic heterocycles. The molecule has 0 aliphatic carbocycles. The molecule has 0 aromatic heterocycles. The van der Waals surface area contributed by atoms with Crippen molar-refractivity contribution in [1.82, 2.24) is 4.90 Å². The summed E-state index contributed by atoms with van der Waals surface area (Å²) in [6.45, 7) is 11.5. The number of hydrogen-bond acceptors (Lipinski definition) is 1. The third kappa shape index (κ3) is 10.8. The van der Waals surface area contributed by atoms with Crippen molar-refractivity contribution in [1.29, 1.82) is 0 Å². The highest BCUT2D eigenvalue weighted by molar-refractivity contribution is 5.85. The van der Waals surface area contributed by atoms with E-state index >= 15 is 0 Å². The van der Waals surface area contributed by atoms with Crippen LogP contribution in [-0.2, 0) is 0 Å². The molecule has 0 heterocycles. The molecule has 0 amide bonds. The molecule has 0 aliphatic rings. The largest absolute Gasteiger partial charge is 0.297 e. The smallest absolute Gasteiger partial charge is 0.0249 e. The van der Waals surface area contributed by atoms with Gasteiger partial charge in [-0.3, -0.25) is 4.90 Å². The Labute approximate surface area is 115 Å². The molecular weight excluding hydrogens is 230 g/mol. The highest BCUT2D eigenvalue weighted by Gasteiger charge is 2.09. The van der Waals surface area contributed by atoms with Crippen molar-refractivity contribution >= 4 is 12.4 Å². The maximum absolute atomic E-state index is 2.63. The number of unbranched alkanes of at least 4 members (excludes halogenated alkanes) is 4. The maximum Gasteiger partial charge on any atom is 0.0249 e. The SMILES string of the molecule is CC=CC(C)N(CCCCC)CCCCC.Cl. The normalized spacial score (nSPS) is 13.0. The molecule has 1 nitrogen and oxygen atoms in total. The maximum atomic E-state index is 2.63. The highest BCUT2D eigenvalue weighted by Crippen LogP contribution is 2.08. The molecule has 0 saturated heterocycles. The summed E-state index contributed by atoms with van der Waals surface area (Å²) < 4.78 is 0. The topological polar surface area (TPSA) is 3.24 Å². The fourth-order valence-electron chi connectivity index (χ4n) is 2.05. The van der Waals surface area contributed by atoms with E-state index in [1.165, 1.54) is 51.6 Å². The van der Waals surface area contributed by atoms with Crippen molar-refractivity contribution in [2.45, 2.75) is 72.3 Å². The Morgan fingerprint density at radius 2 is 1.41 bits per heavy atom. The van der Waals surface area contributed by atoms with Gasteiger partial charge in [0, 0.05) is 6.04 Å². The third-order valence-electron chi connectivity index (χ3n) is 3.14. The van der Waals surface area contributed by atoms with Gasteiger partial charge in [0.1, 0.15) is 0 Å². The second kappa shape index (κ2) is 14.1. The average molecular weight is 262 g/mol. The summed E-state index contributed by atoms with van der Waals surface area (Å²) in [4.78, 5) is 2.63. The Bertz CT molecular complexity index is 158. The molecule has 1 atom stereocenters. The van der Waals surface area contributed by atoms with Crippen LogP contribution in [0.15, 0.2) is 12.2 Å². The molecule has 0 aromatic rings. The number of hydrogen-bond donors (Lipinski definition) is 0. The lowest BCUT2D eigenvalue weighted by molar-refractivity contribution is 0.231.